The van der Waals surface area contributed by atoms with Gasteiger partial charge in [0.1, 0.15) is 0 Å². The molecule has 2 rings (SSSR count). The monoisotopic (exact) mass is 207 g/mol. The first-order chi connectivity index (χ1) is 7.33. The van der Waals surface area contributed by atoms with Gasteiger partial charge in [-0.05, 0) is 31.7 Å². The molecule has 1 aromatic rings. The van der Waals surface area contributed by atoms with Gasteiger partial charge in [0, 0.05) is 18.8 Å². The van der Waals surface area contributed by atoms with Crippen molar-refractivity contribution in [2.45, 2.75) is 51.6 Å². The van der Waals surface area contributed by atoms with E-state index in [1.807, 2.05) is 10.9 Å². The molecule has 1 heterocycles. The van der Waals surface area contributed by atoms with E-state index in [1.165, 1.54) is 37.8 Å². The van der Waals surface area contributed by atoms with Crippen LogP contribution in [0.2, 0.25) is 0 Å². The Morgan fingerprint density at radius 3 is 2.87 bits per heavy atom. The highest BCUT2D eigenvalue weighted by Crippen LogP contribution is 2.32. The molecule has 0 saturated heterocycles. The minimum Gasteiger partial charge on any atom is -0.322 e. The largest absolute Gasteiger partial charge is 0.322 e. The van der Waals surface area contributed by atoms with Crippen molar-refractivity contribution in [3.63, 3.8) is 0 Å². The van der Waals surface area contributed by atoms with Gasteiger partial charge < -0.3 is 5.73 Å². The van der Waals surface area contributed by atoms with Crippen LogP contribution in [0.15, 0.2) is 12.3 Å². The molecule has 1 aromatic heterocycles. The number of hydrogen-bond donors (Lipinski definition) is 1. The van der Waals surface area contributed by atoms with Crippen LogP contribution in [-0.4, -0.2) is 9.78 Å². The van der Waals surface area contributed by atoms with E-state index >= 15 is 0 Å². The highest BCUT2D eigenvalue weighted by Gasteiger charge is 2.23. The molecule has 0 aromatic carbocycles. The van der Waals surface area contributed by atoms with E-state index in [0.717, 1.165) is 6.54 Å². The second-order valence-corrected chi connectivity index (χ2v) is 4.50. The summed E-state index contributed by atoms with van der Waals surface area (Å²) in [5.74, 6) is 0.667. The maximum atomic E-state index is 6.33. The molecule has 0 aliphatic heterocycles. The van der Waals surface area contributed by atoms with Crippen LogP contribution in [-0.2, 0) is 6.54 Å². The minimum absolute atomic E-state index is 0.188. The van der Waals surface area contributed by atoms with Gasteiger partial charge in [-0.25, -0.2) is 0 Å². The summed E-state index contributed by atoms with van der Waals surface area (Å²) in [6.07, 6.45) is 8.52. The molecule has 0 amide bonds. The molecule has 1 fully saturated rings. The van der Waals surface area contributed by atoms with Crippen molar-refractivity contribution in [3.05, 3.63) is 18.0 Å². The zero-order valence-electron chi connectivity index (χ0n) is 9.52. The molecule has 2 N–H and O–H groups in total. The maximum Gasteiger partial charge on any atom is 0.0554 e. The molecule has 15 heavy (non-hydrogen) atoms. The van der Waals surface area contributed by atoms with E-state index in [4.69, 9.17) is 5.73 Å². The normalized spacial score (nSPS) is 20.4. The summed E-state index contributed by atoms with van der Waals surface area (Å²) in [4.78, 5) is 0. The van der Waals surface area contributed by atoms with Gasteiger partial charge in [0.2, 0.25) is 0 Å². The van der Waals surface area contributed by atoms with Crippen molar-refractivity contribution in [2.75, 3.05) is 0 Å². The minimum atomic E-state index is 0.188. The van der Waals surface area contributed by atoms with Gasteiger partial charge >= 0.3 is 0 Å². The number of aromatic nitrogens is 2. The van der Waals surface area contributed by atoms with Gasteiger partial charge in [-0.2, -0.15) is 5.10 Å². The standard InChI is InChI=1S/C12H21N3/c1-2-15-11(8-9-14-15)12(13)10-6-4-3-5-7-10/h8-10,12H,2-7,13H2,1H3. The number of nitrogens with two attached hydrogens (primary N) is 1. The van der Waals surface area contributed by atoms with Gasteiger partial charge in [-0.1, -0.05) is 19.3 Å². The average molecular weight is 207 g/mol. The van der Waals surface area contributed by atoms with Crippen molar-refractivity contribution < 1.29 is 0 Å². The Morgan fingerprint density at radius 2 is 2.20 bits per heavy atom. The highest BCUT2D eigenvalue weighted by atomic mass is 15.3. The third-order valence-electron chi connectivity index (χ3n) is 3.55. The van der Waals surface area contributed by atoms with Crippen molar-refractivity contribution in [3.8, 4) is 0 Å². The second kappa shape index (κ2) is 4.79. The van der Waals surface area contributed by atoms with Crippen molar-refractivity contribution in [1.82, 2.24) is 9.78 Å². The quantitative estimate of drug-likeness (QED) is 0.827. The molecule has 3 heteroatoms. The number of nitrogens with zero attached hydrogens (tertiary/aromatic N) is 2. The Balaban J connectivity index is 2.08. The molecule has 1 aliphatic carbocycles. The zero-order chi connectivity index (χ0) is 10.7. The van der Waals surface area contributed by atoms with Crippen LogP contribution in [0.25, 0.3) is 0 Å². The smallest absolute Gasteiger partial charge is 0.0554 e. The predicted octanol–water partition coefficient (Wildman–Crippen LogP) is 2.48. The lowest BCUT2D eigenvalue weighted by molar-refractivity contribution is 0.298. The first-order valence-corrected chi connectivity index (χ1v) is 6.10. The van der Waals surface area contributed by atoms with Crippen LogP contribution >= 0.6 is 0 Å². The third-order valence-corrected chi connectivity index (χ3v) is 3.55. The van der Waals surface area contributed by atoms with Crippen LogP contribution < -0.4 is 5.73 Å². The van der Waals surface area contributed by atoms with E-state index in [9.17, 15) is 0 Å². The Labute approximate surface area is 91.7 Å². The summed E-state index contributed by atoms with van der Waals surface area (Å²) in [6.45, 7) is 3.03. The summed E-state index contributed by atoms with van der Waals surface area (Å²) in [7, 11) is 0. The maximum absolute atomic E-state index is 6.33. The lowest BCUT2D eigenvalue weighted by Gasteiger charge is -2.27. The van der Waals surface area contributed by atoms with Gasteiger partial charge in [0.15, 0.2) is 0 Å². The zero-order valence-corrected chi connectivity index (χ0v) is 9.52. The van der Waals surface area contributed by atoms with Gasteiger partial charge in [-0.3, -0.25) is 4.68 Å². The lowest BCUT2D eigenvalue weighted by atomic mass is 9.83. The second-order valence-electron chi connectivity index (χ2n) is 4.50. The van der Waals surface area contributed by atoms with E-state index in [1.54, 1.807) is 0 Å². The fraction of sp³-hybridized carbons (Fsp3) is 0.750. The van der Waals surface area contributed by atoms with E-state index in [-0.39, 0.29) is 6.04 Å². The summed E-state index contributed by atoms with van der Waals surface area (Å²) in [5.41, 5.74) is 7.54. The predicted molar refractivity (Wildman–Crippen MR) is 61.4 cm³/mol. The molecule has 0 spiro atoms. The molecule has 0 radical (unpaired) electrons. The third kappa shape index (κ3) is 2.23. The van der Waals surface area contributed by atoms with Gasteiger partial charge in [0.05, 0.1) is 5.69 Å². The first kappa shape index (κ1) is 10.7. The SMILES string of the molecule is CCn1nccc1C(N)C1CCCCC1. The van der Waals surface area contributed by atoms with Crippen LogP contribution in [0.3, 0.4) is 0 Å². The fourth-order valence-electron chi connectivity index (χ4n) is 2.63. The van der Waals surface area contributed by atoms with E-state index in [2.05, 4.69) is 18.1 Å². The Hall–Kier alpha value is -0.830. The van der Waals surface area contributed by atoms with Crippen LogP contribution in [0, 0.1) is 5.92 Å². The molecule has 1 saturated carbocycles. The summed E-state index contributed by atoms with van der Waals surface area (Å²) < 4.78 is 2.03. The lowest BCUT2D eigenvalue weighted by Crippen LogP contribution is -2.26. The topological polar surface area (TPSA) is 43.8 Å². The number of rotatable bonds is 3. The first-order valence-electron chi connectivity index (χ1n) is 6.10. The Morgan fingerprint density at radius 1 is 1.47 bits per heavy atom. The van der Waals surface area contributed by atoms with Crippen LogP contribution in [0.5, 0.6) is 0 Å². The Kier molecular flexibility index (Phi) is 3.41. The number of aryl methyl sites for hydroxylation is 1. The van der Waals surface area contributed by atoms with Gasteiger partial charge in [-0.15, -0.1) is 0 Å². The average Bonchev–Trinajstić information content (AvgIpc) is 2.77. The molecule has 84 valence electrons. The molecule has 3 nitrogen and oxygen atoms in total. The molecule has 1 unspecified atom stereocenters. The van der Waals surface area contributed by atoms with Gasteiger partial charge in [0.25, 0.3) is 0 Å². The Bertz CT molecular complexity index is 300. The van der Waals surface area contributed by atoms with Crippen LogP contribution in [0.4, 0.5) is 0 Å². The molecule has 1 aliphatic rings. The van der Waals surface area contributed by atoms with Crippen molar-refractivity contribution >= 4 is 0 Å². The molecular formula is C12H21N3. The fourth-order valence-corrected chi connectivity index (χ4v) is 2.63. The number of hydrogen-bond acceptors (Lipinski definition) is 2. The summed E-state index contributed by atoms with van der Waals surface area (Å²) in [5, 5.41) is 4.29. The van der Waals surface area contributed by atoms with Crippen molar-refractivity contribution in [1.29, 1.82) is 0 Å². The molecule has 1 atom stereocenters. The summed E-state index contributed by atoms with van der Waals surface area (Å²) >= 11 is 0. The molecular weight excluding hydrogens is 186 g/mol. The van der Waals surface area contributed by atoms with Crippen LogP contribution in [0.1, 0.15) is 50.8 Å². The summed E-state index contributed by atoms with van der Waals surface area (Å²) in [6, 6.07) is 2.26. The van der Waals surface area contributed by atoms with E-state index < -0.39 is 0 Å². The van der Waals surface area contributed by atoms with E-state index in [0.29, 0.717) is 5.92 Å². The van der Waals surface area contributed by atoms with Crippen molar-refractivity contribution in [2.24, 2.45) is 11.7 Å². The highest BCUT2D eigenvalue weighted by molar-refractivity contribution is 5.08. The molecule has 0 bridgehead atoms.